The predicted molar refractivity (Wildman–Crippen MR) is 77.4 cm³/mol. The number of carbonyl (C=O) groups excluding carboxylic acids is 1. The molecular weight excluding hydrogens is 258 g/mol. The van der Waals surface area contributed by atoms with Gasteiger partial charge in [0.05, 0.1) is 11.1 Å². The number of carbonyl (C=O) groups is 1. The van der Waals surface area contributed by atoms with E-state index < -0.39 is 0 Å². The van der Waals surface area contributed by atoms with E-state index in [1.165, 1.54) is 4.88 Å². The van der Waals surface area contributed by atoms with E-state index in [1.54, 1.807) is 0 Å². The molecule has 104 valence electrons. The Morgan fingerprint density at radius 2 is 2.00 bits per heavy atom. The molecule has 1 aromatic heterocycles. The van der Waals surface area contributed by atoms with Crippen molar-refractivity contribution in [1.29, 1.82) is 0 Å². The summed E-state index contributed by atoms with van der Waals surface area (Å²) in [6.07, 6.45) is 4.29. The van der Waals surface area contributed by atoms with E-state index in [4.69, 9.17) is 0 Å². The van der Waals surface area contributed by atoms with Crippen molar-refractivity contribution in [3.63, 3.8) is 0 Å². The number of amides is 2. The minimum Gasteiger partial charge on any atom is -0.336 e. The van der Waals surface area contributed by atoms with Gasteiger partial charge in [-0.3, -0.25) is 4.90 Å². The average Bonchev–Trinajstić information content (AvgIpc) is 3.02. The summed E-state index contributed by atoms with van der Waals surface area (Å²) in [6.45, 7) is 0.778. The maximum Gasteiger partial charge on any atom is 0.315 e. The van der Waals surface area contributed by atoms with Gasteiger partial charge in [-0.25, -0.2) is 4.79 Å². The van der Waals surface area contributed by atoms with Gasteiger partial charge in [0.15, 0.2) is 0 Å². The molecule has 2 aliphatic rings. The van der Waals surface area contributed by atoms with Gasteiger partial charge in [-0.15, -0.1) is 11.3 Å². The molecule has 1 spiro atoms. The van der Waals surface area contributed by atoms with Crippen molar-refractivity contribution in [3.05, 3.63) is 22.4 Å². The maximum absolute atomic E-state index is 11.4. The van der Waals surface area contributed by atoms with Crippen molar-refractivity contribution in [2.45, 2.75) is 36.8 Å². The average molecular weight is 279 g/mol. The Labute approximate surface area is 118 Å². The van der Waals surface area contributed by atoms with Crippen molar-refractivity contribution in [1.82, 2.24) is 15.5 Å². The Kier molecular flexibility index (Phi) is 3.06. The number of hydrogen-bond acceptors (Lipinski definition) is 3. The summed E-state index contributed by atoms with van der Waals surface area (Å²) in [5, 5.41) is 8.19. The van der Waals surface area contributed by atoms with Gasteiger partial charge in [0.2, 0.25) is 0 Å². The fourth-order valence-corrected chi connectivity index (χ4v) is 4.55. The number of thiophene rings is 1. The van der Waals surface area contributed by atoms with Gasteiger partial charge in [-0.2, -0.15) is 0 Å². The van der Waals surface area contributed by atoms with Gasteiger partial charge in [0.1, 0.15) is 0 Å². The Hall–Kier alpha value is -1.07. The Morgan fingerprint density at radius 1 is 1.26 bits per heavy atom. The zero-order chi connectivity index (χ0) is 13.5. The molecule has 2 heterocycles. The van der Waals surface area contributed by atoms with Crippen LogP contribution in [0.3, 0.4) is 0 Å². The number of nitrogens with one attached hydrogen (secondary N) is 2. The van der Waals surface area contributed by atoms with Crippen LogP contribution in [0, 0.1) is 0 Å². The smallest absolute Gasteiger partial charge is 0.315 e. The fraction of sp³-hybridized carbons (Fsp3) is 0.643. The summed E-state index contributed by atoms with van der Waals surface area (Å²) in [6, 6.07) is 4.37. The highest BCUT2D eigenvalue weighted by Gasteiger charge is 2.48. The number of hydrogen-bond donors (Lipinski definition) is 2. The van der Waals surface area contributed by atoms with Crippen LogP contribution in [0.4, 0.5) is 4.79 Å². The molecule has 1 saturated carbocycles. The summed E-state index contributed by atoms with van der Waals surface area (Å²) in [4.78, 5) is 15.2. The van der Waals surface area contributed by atoms with E-state index in [2.05, 4.69) is 47.1 Å². The van der Waals surface area contributed by atoms with Gasteiger partial charge < -0.3 is 10.6 Å². The third-order valence-corrected chi connectivity index (χ3v) is 5.90. The molecule has 0 bridgehead atoms. The van der Waals surface area contributed by atoms with Crippen molar-refractivity contribution >= 4 is 17.4 Å². The summed E-state index contributed by atoms with van der Waals surface area (Å²) >= 11 is 1.84. The molecule has 0 unspecified atom stereocenters. The summed E-state index contributed by atoms with van der Waals surface area (Å²) < 4.78 is 0. The highest BCUT2D eigenvalue weighted by molar-refractivity contribution is 7.10. The molecule has 0 aromatic carbocycles. The third kappa shape index (κ3) is 2.05. The summed E-state index contributed by atoms with van der Waals surface area (Å²) in [7, 11) is 4.34. The zero-order valence-corrected chi connectivity index (χ0v) is 12.3. The van der Waals surface area contributed by atoms with Gasteiger partial charge >= 0.3 is 6.03 Å². The lowest BCUT2D eigenvalue weighted by molar-refractivity contribution is 0.0684. The van der Waals surface area contributed by atoms with E-state index in [-0.39, 0.29) is 17.1 Å². The van der Waals surface area contributed by atoms with Gasteiger partial charge in [0.25, 0.3) is 0 Å². The topological polar surface area (TPSA) is 44.4 Å². The van der Waals surface area contributed by atoms with Crippen LogP contribution in [0.25, 0.3) is 0 Å². The normalized spacial score (nSPS) is 34.6. The second-order valence-corrected chi connectivity index (χ2v) is 6.94. The molecule has 5 heteroatoms. The van der Waals surface area contributed by atoms with Crippen molar-refractivity contribution in [2.24, 2.45) is 0 Å². The zero-order valence-electron chi connectivity index (χ0n) is 11.5. The lowest BCUT2D eigenvalue weighted by atomic mass is 9.71. The molecule has 2 amide bonds. The highest BCUT2D eigenvalue weighted by Crippen LogP contribution is 2.46. The first-order valence-corrected chi connectivity index (χ1v) is 7.72. The van der Waals surface area contributed by atoms with Crippen LogP contribution < -0.4 is 10.6 Å². The Bertz CT molecular complexity index is 461. The third-order valence-electron chi connectivity index (χ3n) is 4.84. The molecule has 2 N–H and O–H groups in total. The minimum atomic E-state index is -0.00610. The second kappa shape index (κ2) is 4.49. The number of nitrogens with zero attached hydrogens (tertiary/aromatic N) is 1. The lowest BCUT2D eigenvalue weighted by Gasteiger charge is -2.47. The van der Waals surface area contributed by atoms with E-state index >= 15 is 0 Å². The first-order valence-electron chi connectivity index (χ1n) is 6.84. The van der Waals surface area contributed by atoms with Crippen molar-refractivity contribution in [3.8, 4) is 0 Å². The van der Waals surface area contributed by atoms with Crippen LogP contribution in [-0.2, 0) is 5.54 Å². The monoisotopic (exact) mass is 279 g/mol. The van der Waals surface area contributed by atoms with Crippen LogP contribution in [0.1, 0.15) is 30.6 Å². The Balaban J connectivity index is 1.82. The highest BCUT2D eigenvalue weighted by atomic mass is 32.1. The molecule has 1 aromatic rings. The molecule has 0 atom stereocenters. The first kappa shape index (κ1) is 12.9. The molecule has 4 nitrogen and oxygen atoms in total. The van der Waals surface area contributed by atoms with Crippen molar-refractivity contribution < 1.29 is 4.79 Å². The van der Waals surface area contributed by atoms with E-state index in [1.807, 2.05) is 11.3 Å². The van der Waals surface area contributed by atoms with E-state index in [0.717, 1.165) is 32.2 Å². The van der Waals surface area contributed by atoms with E-state index in [9.17, 15) is 4.79 Å². The number of rotatable bonds is 2. The molecule has 0 radical (unpaired) electrons. The standard InChI is InChI=1S/C14H21N3OS/c1-17(2)14(11-4-3-9-19-11)7-5-13(6-8-14)10-15-12(18)16-13/h3-4,9H,5-8,10H2,1-2H3,(H2,15,16,18)/t13-,14+. The summed E-state index contributed by atoms with van der Waals surface area (Å²) in [5.74, 6) is 0. The molecule has 19 heavy (non-hydrogen) atoms. The van der Waals surface area contributed by atoms with Crippen LogP contribution in [0.5, 0.6) is 0 Å². The maximum atomic E-state index is 11.4. The molecule has 3 rings (SSSR count). The largest absolute Gasteiger partial charge is 0.336 e. The molecular formula is C14H21N3OS. The molecule has 2 fully saturated rings. The van der Waals surface area contributed by atoms with Crippen LogP contribution in [0.2, 0.25) is 0 Å². The van der Waals surface area contributed by atoms with Gasteiger partial charge in [0, 0.05) is 11.4 Å². The van der Waals surface area contributed by atoms with Crippen LogP contribution in [-0.4, -0.2) is 37.1 Å². The summed E-state index contributed by atoms with van der Waals surface area (Å²) in [5.41, 5.74) is 0.139. The lowest BCUT2D eigenvalue weighted by Crippen LogP contribution is -2.53. The molecule has 1 aliphatic carbocycles. The predicted octanol–water partition coefficient (Wildman–Crippen LogP) is 2.13. The quantitative estimate of drug-likeness (QED) is 0.871. The van der Waals surface area contributed by atoms with Crippen molar-refractivity contribution in [2.75, 3.05) is 20.6 Å². The molecule has 1 aliphatic heterocycles. The second-order valence-electron chi connectivity index (χ2n) is 5.99. The molecule has 1 saturated heterocycles. The van der Waals surface area contributed by atoms with E-state index in [0.29, 0.717) is 0 Å². The minimum absolute atomic E-state index is 0.00604. The number of urea groups is 1. The Morgan fingerprint density at radius 3 is 2.47 bits per heavy atom. The van der Waals surface area contributed by atoms with Crippen LogP contribution in [0.15, 0.2) is 17.5 Å². The SMILES string of the molecule is CN(C)[C@]1(c2cccs2)CC[C@]2(CC1)CNC(=O)N2. The van der Waals surface area contributed by atoms with Crippen LogP contribution >= 0.6 is 11.3 Å². The first-order chi connectivity index (χ1) is 9.06. The fourth-order valence-electron chi connectivity index (χ4n) is 3.48. The van der Waals surface area contributed by atoms with Gasteiger partial charge in [-0.1, -0.05) is 6.07 Å². The van der Waals surface area contributed by atoms with Gasteiger partial charge in [-0.05, 0) is 51.2 Å².